The van der Waals surface area contributed by atoms with Gasteiger partial charge in [-0.15, -0.1) is 0 Å². The van der Waals surface area contributed by atoms with Crippen molar-refractivity contribution in [3.8, 4) is 11.5 Å². The molecule has 0 saturated heterocycles. The molecule has 0 saturated carbocycles. The van der Waals surface area contributed by atoms with Crippen LogP contribution >= 0.6 is 15.9 Å². The zero-order valence-corrected chi connectivity index (χ0v) is 10.2. The first-order valence-electron chi connectivity index (χ1n) is 5.05. The van der Waals surface area contributed by atoms with E-state index in [-0.39, 0.29) is 5.82 Å². The van der Waals surface area contributed by atoms with Gasteiger partial charge in [0.15, 0.2) is 5.58 Å². The van der Waals surface area contributed by atoms with Crippen LogP contribution in [0.5, 0.6) is 0 Å². The van der Waals surface area contributed by atoms with Crippen molar-refractivity contribution in [3.63, 3.8) is 0 Å². The van der Waals surface area contributed by atoms with E-state index in [0.717, 1.165) is 4.47 Å². The zero-order chi connectivity index (χ0) is 11.8. The molecule has 0 N–H and O–H groups in total. The molecule has 2 nitrogen and oxygen atoms in total. The molecule has 0 fully saturated rings. The van der Waals surface area contributed by atoms with Crippen molar-refractivity contribution >= 4 is 27.0 Å². The topological polar surface area (TPSA) is 26.0 Å². The highest BCUT2D eigenvalue weighted by Crippen LogP contribution is 2.27. The first kappa shape index (κ1) is 10.5. The highest BCUT2D eigenvalue weighted by atomic mass is 79.9. The molecule has 0 radical (unpaired) electrons. The summed E-state index contributed by atoms with van der Waals surface area (Å²) in [5.74, 6) is -0.0330. The van der Waals surface area contributed by atoms with Gasteiger partial charge in [-0.2, -0.15) is 0 Å². The summed E-state index contributed by atoms with van der Waals surface area (Å²) < 4.78 is 20.0. The lowest BCUT2D eigenvalue weighted by Crippen LogP contribution is -1.82. The van der Waals surface area contributed by atoms with Crippen LogP contribution in [-0.2, 0) is 0 Å². The number of fused-ring (bicyclic) bond motifs is 1. The summed E-state index contributed by atoms with van der Waals surface area (Å²) in [4.78, 5) is 4.26. The van der Waals surface area contributed by atoms with Crippen LogP contribution in [0.4, 0.5) is 4.39 Å². The number of hydrogen-bond acceptors (Lipinski definition) is 2. The van der Waals surface area contributed by atoms with E-state index in [2.05, 4.69) is 20.9 Å². The maximum atomic E-state index is 13.6. The molecule has 3 rings (SSSR count). The number of hydrogen-bond donors (Lipinski definition) is 0. The lowest BCUT2D eigenvalue weighted by molar-refractivity contribution is 0.593. The molecular formula is C13H7BrFNO. The summed E-state index contributed by atoms with van der Waals surface area (Å²) in [5, 5.41) is 0. The Balaban J connectivity index is 2.22. The molecule has 0 unspecified atom stereocenters. The normalized spacial score (nSPS) is 10.9. The van der Waals surface area contributed by atoms with Crippen LogP contribution < -0.4 is 0 Å². The Morgan fingerprint density at radius 3 is 2.76 bits per heavy atom. The van der Waals surface area contributed by atoms with E-state index in [9.17, 15) is 4.39 Å². The van der Waals surface area contributed by atoms with Gasteiger partial charge >= 0.3 is 0 Å². The van der Waals surface area contributed by atoms with Crippen LogP contribution in [0.1, 0.15) is 0 Å². The van der Waals surface area contributed by atoms with Gasteiger partial charge in [-0.3, -0.25) is 0 Å². The minimum Gasteiger partial charge on any atom is -0.436 e. The highest BCUT2D eigenvalue weighted by Gasteiger charge is 2.11. The van der Waals surface area contributed by atoms with Crippen LogP contribution in [0.2, 0.25) is 0 Å². The van der Waals surface area contributed by atoms with E-state index >= 15 is 0 Å². The highest BCUT2D eigenvalue weighted by molar-refractivity contribution is 9.10. The summed E-state index contributed by atoms with van der Waals surface area (Å²) in [6.45, 7) is 0. The van der Waals surface area contributed by atoms with Crippen molar-refractivity contribution in [3.05, 3.63) is 52.8 Å². The molecule has 0 aliphatic rings. The van der Waals surface area contributed by atoms with Gasteiger partial charge in [0.25, 0.3) is 0 Å². The summed E-state index contributed by atoms with van der Waals surface area (Å²) in [6.07, 6.45) is 0. The van der Waals surface area contributed by atoms with Crippen molar-refractivity contribution in [1.82, 2.24) is 4.98 Å². The predicted molar refractivity (Wildman–Crippen MR) is 67.1 cm³/mol. The lowest BCUT2D eigenvalue weighted by atomic mass is 10.2. The van der Waals surface area contributed by atoms with Crippen LogP contribution in [0.15, 0.2) is 51.4 Å². The fraction of sp³-hybridized carbons (Fsp3) is 0. The van der Waals surface area contributed by atoms with Gasteiger partial charge in [0, 0.05) is 4.47 Å². The van der Waals surface area contributed by atoms with Gasteiger partial charge in [0.1, 0.15) is 11.3 Å². The quantitative estimate of drug-likeness (QED) is 0.664. The predicted octanol–water partition coefficient (Wildman–Crippen LogP) is 4.40. The Kier molecular flexibility index (Phi) is 2.44. The SMILES string of the molecule is Fc1ccccc1-c1nc2ccc(Br)cc2o1. The largest absolute Gasteiger partial charge is 0.436 e. The van der Waals surface area contributed by atoms with Crippen molar-refractivity contribution in [2.24, 2.45) is 0 Å². The monoisotopic (exact) mass is 291 g/mol. The van der Waals surface area contributed by atoms with Gasteiger partial charge in [-0.05, 0) is 30.3 Å². The van der Waals surface area contributed by atoms with E-state index < -0.39 is 0 Å². The summed E-state index contributed by atoms with van der Waals surface area (Å²) in [6, 6.07) is 11.9. The average molecular weight is 292 g/mol. The average Bonchev–Trinajstić information content (AvgIpc) is 2.72. The Morgan fingerprint density at radius 1 is 1.12 bits per heavy atom. The number of aromatic nitrogens is 1. The van der Waals surface area contributed by atoms with E-state index in [1.807, 2.05) is 18.2 Å². The molecule has 0 bridgehead atoms. The molecule has 4 heteroatoms. The summed E-state index contributed by atoms with van der Waals surface area (Å²) in [5.41, 5.74) is 1.73. The second-order valence-corrected chi connectivity index (χ2v) is 4.53. The van der Waals surface area contributed by atoms with Crippen molar-refractivity contribution < 1.29 is 8.81 Å². The minimum atomic E-state index is -0.335. The van der Waals surface area contributed by atoms with Gasteiger partial charge in [0.05, 0.1) is 5.56 Å². The smallest absolute Gasteiger partial charge is 0.230 e. The molecule has 1 heterocycles. The molecule has 0 atom stereocenters. The van der Waals surface area contributed by atoms with Crippen LogP contribution in [-0.4, -0.2) is 4.98 Å². The Morgan fingerprint density at radius 2 is 1.94 bits per heavy atom. The molecule has 1 aromatic heterocycles. The lowest BCUT2D eigenvalue weighted by Gasteiger charge is -1.95. The minimum absolute atomic E-state index is 0.302. The van der Waals surface area contributed by atoms with Gasteiger partial charge in [-0.25, -0.2) is 9.37 Å². The maximum absolute atomic E-state index is 13.6. The number of oxazole rings is 1. The fourth-order valence-corrected chi connectivity index (χ4v) is 1.99. The summed E-state index contributed by atoms with van der Waals surface area (Å²) in [7, 11) is 0. The van der Waals surface area contributed by atoms with E-state index in [1.165, 1.54) is 6.07 Å². The van der Waals surface area contributed by atoms with Crippen LogP contribution in [0.25, 0.3) is 22.6 Å². The van der Waals surface area contributed by atoms with Crippen molar-refractivity contribution in [1.29, 1.82) is 0 Å². The third kappa shape index (κ3) is 1.85. The molecule has 0 spiro atoms. The van der Waals surface area contributed by atoms with Crippen molar-refractivity contribution in [2.45, 2.75) is 0 Å². The number of rotatable bonds is 1. The molecule has 0 amide bonds. The van der Waals surface area contributed by atoms with Gasteiger partial charge < -0.3 is 4.42 Å². The van der Waals surface area contributed by atoms with E-state index in [4.69, 9.17) is 4.42 Å². The first-order chi connectivity index (χ1) is 8.24. The first-order valence-corrected chi connectivity index (χ1v) is 5.84. The zero-order valence-electron chi connectivity index (χ0n) is 8.65. The Hall–Kier alpha value is -1.68. The molecule has 3 aromatic rings. The molecule has 0 aliphatic heterocycles. The van der Waals surface area contributed by atoms with Crippen molar-refractivity contribution in [2.75, 3.05) is 0 Å². The second-order valence-electron chi connectivity index (χ2n) is 3.61. The molecule has 17 heavy (non-hydrogen) atoms. The third-order valence-corrected chi connectivity index (χ3v) is 2.95. The number of nitrogens with zero attached hydrogens (tertiary/aromatic N) is 1. The third-order valence-electron chi connectivity index (χ3n) is 2.45. The second kappa shape index (κ2) is 3.96. The fourth-order valence-electron chi connectivity index (χ4n) is 1.65. The molecule has 84 valence electrons. The van der Waals surface area contributed by atoms with E-state index in [1.54, 1.807) is 18.2 Å². The van der Waals surface area contributed by atoms with E-state index in [0.29, 0.717) is 22.6 Å². The molecular weight excluding hydrogens is 285 g/mol. The maximum Gasteiger partial charge on any atom is 0.230 e. The number of benzene rings is 2. The number of halogens is 2. The summed E-state index contributed by atoms with van der Waals surface area (Å²) >= 11 is 3.35. The van der Waals surface area contributed by atoms with Crippen LogP contribution in [0.3, 0.4) is 0 Å². The van der Waals surface area contributed by atoms with Gasteiger partial charge in [-0.1, -0.05) is 28.1 Å². The Labute approximate surface area is 105 Å². The Bertz CT molecular complexity index is 693. The molecule has 2 aromatic carbocycles. The standard InChI is InChI=1S/C13H7BrFNO/c14-8-5-6-11-12(7-8)17-13(16-11)9-3-1-2-4-10(9)15/h1-7H. The van der Waals surface area contributed by atoms with Crippen LogP contribution in [0, 0.1) is 5.82 Å². The van der Waals surface area contributed by atoms with Gasteiger partial charge in [0.2, 0.25) is 5.89 Å². The molecule has 0 aliphatic carbocycles.